The molecule has 0 saturated carbocycles. The molecule has 8 heteroatoms. The third-order valence-corrected chi connectivity index (χ3v) is 3.98. The van der Waals surface area contributed by atoms with Crippen LogP contribution in [0.25, 0.3) is 0 Å². The Morgan fingerprint density at radius 3 is 2.79 bits per heavy atom. The number of nitrogens with one attached hydrogen (secondary N) is 1. The molecule has 0 radical (unpaired) electrons. The van der Waals surface area contributed by atoms with Crippen LogP contribution in [-0.4, -0.2) is 37.0 Å². The van der Waals surface area contributed by atoms with Gasteiger partial charge < -0.3 is 11.1 Å². The molecule has 0 aromatic heterocycles. The van der Waals surface area contributed by atoms with Crippen LogP contribution < -0.4 is 11.1 Å². The number of halogens is 4. The van der Waals surface area contributed by atoms with E-state index in [1.165, 1.54) is 12.1 Å². The van der Waals surface area contributed by atoms with Gasteiger partial charge in [-0.05, 0) is 31.0 Å². The lowest BCUT2D eigenvalue weighted by Crippen LogP contribution is -2.43. The molecule has 1 unspecified atom stereocenters. The van der Waals surface area contributed by atoms with E-state index >= 15 is 0 Å². The smallest absolute Gasteiger partial charge is 0.355 e. The molecule has 1 aliphatic rings. The maximum atomic E-state index is 12.8. The highest BCUT2D eigenvalue weighted by atomic mass is 35.5. The van der Waals surface area contributed by atoms with Crippen LogP contribution >= 0.6 is 12.4 Å². The van der Waals surface area contributed by atoms with E-state index in [0.717, 1.165) is 25.5 Å². The number of likely N-dealkylation sites (tertiary alicyclic amines) is 1. The van der Waals surface area contributed by atoms with E-state index in [1.807, 2.05) is 4.90 Å². The minimum Gasteiger partial charge on any atom is -0.355 e. The molecule has 1 atom stereocenters. The SMILES string of the molecule is Cl.NCCNC(=O)C1CCCN(Cc2cccc(C(F)(F)F)c2)C1. The predicted molar refractivity (Wildman–Crippen MR) is 88.8 cm³/mol. The van der Waals surface area contributed by atoms with Gasteiger partial charge in [-0.25, -0.2) is 0 Å². The number of nitrogens with two attached hydrogens (primary N) is 1. The molecule has 0 aliphatic carbocycles. The van der Waals surface area contributed by atoms with Crippen molar-refractivity contribution in [1.29, 1.82) is 0 Å². The average Bonchev–Trinajstić information content (AvgIpc) is 2.52. The number of piperidine rings is 1. The van der Waals surface area contributed by atoms with Gasteiger partial charge in [0, 0.05) is 26.2 Å². The molecule has 1 aromatic rings. The zero-order chi connectivity index (χ0) is 16.9. The van der Waals surface area contributed by atoms with Gasteiger partial charge in [0.25, 0.3) is 0 Å². The molecule has 1 fully saturated rings. The van der Waals surface area contributed by atoms with Gasteiger partial charge in [0.05, 0.1) is 11.5 Å². The fourth-order valence-corrected chi connectivity index (χ4v) is 2.86. The highest BCUT2D eigenvalue weighted by Crippen LogP contribution is 2.30. The summed E-state index contributed by atoms with van der Waals surface area (Å²) < 4.78 is 38.3. The molecule has 1 heterocycles. The summed E-state index contributed by atoms with van der Waals surface area (Å²) in [5.41, 5.74) is 5.35. The lowest BCUT2D eigenvalue weighted by molar-refractivity contribution is -0.137. The van der Waals surface area contributed by atoms with Gasteiger partial charge in [0.1, 0.15) is 0 Å². The van der Waals surface area contributed by atoms with Crippen molar-refractivity contribution in [1.82, 2.24) is 10.2 Å². The van der Waals surface area contributed by atoms with Crippen LogP contribution in [-0.2, 0) is 17.5 Å². The normalized spacial score (nSPS) is 18.8. The summed E-state index contributed by atoms with van der Waals surface area (Å²) in [5.74, 6) is -0.148. The van der Waals surface area contributed by atoms with Crippen molar-refractivity contribution in [3.8, 4) is 0 Å². The van der Waals surface area contributed by atoms with E-state index in [-0.39, 0.29) is 24.2 Å². The first-order valence-corrected chi connectivity index (χ1v) is 7.76. The zero-order valence-electron chi connectivity index (χ0n) is 13.3. The number of hydrogen-bond donors (Lipinski definition) is 2. The summed E-state index contributed by atoms with van der Waals surface area (Å²) in [6.45, 7) is 2.61. The van der Waals surface area contributed by atoms with Crippen LogP contribution in [0.3, 0.4) is 0 Å². The first kappa shape index (κ1) is 20.7. The van der Waals surface area contributed by atoms with Gasteiger partial charge >= 0.3 is 6.18 Å². The summed E-state index contributed by atoms with van der Waals surface area (Å²) in [7, 11) is 0. The lowest BCUT2D eigenvalue weighted by Gasteiger charge is -2.32. The van der Waals surface area contributed by atoms with Crippen LogP contribution in [0.1, 0.15) is 24.0 Å². The maximum Gasteiger partial charge on any atom is 0.416 e. The summed E-state index contributed by atoms with van der Waals surface area (Å²) in [4.78, 5) is 14.0. The zero-order valence-corrected chi connectivity index (χ0v) is 14.1. The molecule has 1 aromatic carbocycles. The Morgan fingerprint density at radius 2 is 2.12 bits per heavy atom. The van der Waals surface area contributed by atoms with Crippen LogP contribution in [0, 0.1) is 5.92 Å². The first-order chi connectivity index (χ1) is 10.9. The molecular weight excluding hydrogens is 343 g/mol. The fraction of sp³-hybridized carbons (Fsp3) is 0.562. The van der Waals surface area contributed by atoms with E-state index in [2.05, 4.69) is 5.32 Å². The van der Waals surface area contributed by atoms with Gasteiger partial charge in [0.2, 0.25) is 5.91 Å². The lowest BCUT2D eigenvalue weighted by atomic mass is 9.96. The van der Waals surface area contributed by atoms with Crippen molar-refractivity contribution < 1.29 is 18.0 Å². The van der Waals surface area contributed by atoms with Crippen molar-refractivity contribution in [2.45, 2.75) is 25.6 Å². The second-order valence-electron chi connectivity index (χ2n) is 5.85. The number of nitrogens with zero attached hydrogens (tertiary/aromatic N) is 1. The molecule has 136 valence electrons. The molecule has 2 rings (SSSR count). The highest BCUT2D eigenvalue weighted by molar-refractivity contribution is 5.85. The molecule has 24 heavy (non-hydrogen) atoms. The number of hydrogen-bond acceptors (Lipinski definition) is 3. The maximum absolute atomic E-state index is 12.8. The second kappa shape index (κ2) is 9.25. The van der Waals surface area contributed by atoms with Crippen LogP contribution in [0.4, 0.5) is 13.2 Å². The topological polar surface area (TPSA) is 58.4 Å². The van der Waals surface area contributed by atoms with Crippen LogP contribution in [0.5, 0.6) is 0 Å². The average molecular weight is 366 g/mol. The number of carbonyl (C=O) groups is 1. The Hall–Kier alpha value is -1.31. The number of carbonyl (C=O) groups excluding carboxylic acids is 1. The largest absolute Gasteiger partial charge is 0.416 e. The molecule has 4 nitrogen and oxygen atoms in total. The minimum absolute atomic E-state index is 0. The summed E-state index contributed by atoms with van der Waals surface area (Å²) >= 11 is 0. The van der Waals surface area contributed by atoms with E-state index in [1.54, 1.807) is 6.07 Å². The fourth-order valence-electron chi connectivity index (χ4n) is 2.86. The minimum atomic E-state index is -4.33. The summed E-state index contributed by atoms with van der Waals surface area (Å²) in [6.07, 6.45) is -2.67. The van der Waals surface area contributed by atoms with Crippen molar-refractivity contribution in [3.63, 3.8) is 0 Å². The number of rotatable bonds is 5. The number of benzene rings is 1. The molecule has 1 saturated heterocycles. The molecule has 0 bridgehead atoms. The Kier molecular flexibility index (Phi) is 7.99. The van der Waals surface area contributed by atoms with Gasteiger partial charge in [-0.3, -0.25) is 9.69 Å². The molecule has 1 aliphatic heterocycles. The van der Waals surface area contributed by atoms with E-state index in [9.17, 15) is 18.0 Å². The van der Waals surface area contributed by atoms with Crippen molar-refractivity contribution in [2.24, 2.45) is 11.7 Å². The van der Waals surface area contributed by atoms with Crippen LogP contribution in [0.15, 0.2) is 24.3 Å². The Morgan fingerprint density at radius 1 is 1.38 bits per heavy atom. The van der Waals surface area contributed by atoms with Gasteiger partial charge in [0.15, 0.2) is 0 Å². The molecule has 1 amide bonds. The first-order valence-electron chi connectivity index (χ1n) is 7.76. The van der Waals surface area contributed by atoms with E-state index in [0.29, 0.717) is 31.7 Å². The number of amides is 1. The van der Waals surface area contributed by atoms with Crippen LogP contribution in [0.2, 0.25) is 0 Å². The third kappa shape index (κ3) is 5.96. The van der Waals surface area contributed by atoms with Gasteiger partial charge in [-0.2, -0.15) is 13.2 Å². The Bertz CT molecular complexity index is 540. The Labute approximate surface area is 146 Å². The molecule has 3 N–H and O–H groups in total. The molecular formula is C16H23ClF3N3O. The monoisotopic (exact) mass is 365 g/mol. The standard InChI is InChI=1S/C16H22F3N3O.ClH/c17-16(18,19)14-5-1-3-12(9-14)10-22-8-2-4-13(11-22)15(23)21-7-6-20;/h1,3,5,9,13H,2,4,6-8,10-11,20H2,(H,21,23);1H. The third-order valence-electron chi connectivity index (χ3n) is 3.98. The molecule has 0 spiro atoms. The van der Waals surface area contributed by atoms with E-state index in [4.69, 9.17) is 5.73 Å². The summed E-state index contributed by atoms with van der Waals surface area (Å²) in [5, 5.41) is 2.78. The van der Waals surface area contributed by atoms with Crippen molar-refractivity contribution in [2.75, 3.05) is 26.2 Å². The Balaban J connectivity index is 0.00000288. The predicted octanol–water partition coefficient (Wildman–Crippen LogP) is 2.41. The summed E-state index contributed by atoms with van der Waals surface area (Å²) in [6, 6.07) is 5.36. The number of alkyl halides is 3. The van der Waals surface area contributed by atoms with E-state index < -0.39 is 11.7 Å². The van der Waals surface area contributed by atoms with Crippen molar-refractivity contribution >= 4 is 18.3 Å². The van der Waals surface area contributed by atoms with Crippen molar-refractivity contribution in [3.05, 3.63) is 35.4 Å². The highest BCUT2D eigenvalue weighted by Gasteiger charge is 2.31. The van der Waals surface area contributed by atoms with Gasteiger partial charge in [-0.15, -0.1) is 12.4 Å². The van der Waals surface area contributed by atoms with Gasteiger partial charge in [-0.1, -0.05) is 18.2 Å². The quantitative estimate of drug-likeness (QED) is 0.842. The second-order valence-corrected chi connectivity index (χ2v) is 5.85.